The van der Waals surface area contributed by atoms with Gasteiger partial charge in [-0.05, 0) is 38.3 Å². The van der Waals surface area contributed by atoms with Gasteiger partial charge in [-0.2, -0.15) is 0 Å². The van der Waals surface area contributed by atoms with Crippen molar-refractivity contribution < 1.29 is 4.79 Å². The molecule has 6 nitrogen and oxygen atoms in total. The van der Waals surface area contributed by atoms with Crippen molar-refractivity contribution in [3.05, 3.63) is 52.7 Å². The van der Waals surface area contributed by atoms with Gasteiger partial charge in [0.2, 0.25) is 5.91 Å². The lowest BCUT2D eigenvalue weighted by Crippen LogP contribution is -2.44. The molecule has 2 aromatic heterocycles. The second-order valence-electron chi connectivity index (χ2n) is 7.77. The zero-order valence-electron chi connectivity index (χ0n) is 17.1. The molecule has 1 aliphatic rings. The Hall–Kier alpha value is -2.51. The van der Waals surface area contributed by atoms with Crippen molar-refractivity contribution in [2.24, 2.45) is 0 Å². The summed E-state index contributed by atoms with van der Waals surface area (Å²) in [5.41, 5.74) is 2.48. The first-order valence-corrected chi connectivity index (χ1v) is 10.9. The molecule has 0 bridgehead atoms. The highest BCUT2D eigenvalue weighted by molar-refractivity contribution is 7.18. The standard InChI is InChI=1S/C22H27N5OS/c1-14-16(3)29-22-19(14)20(23-13-24-22)25-15(2)21(28)26-18-9-10-27(12-18)11-17-7-5-4-6-8-17/h4-8,13,15,18H,9-12H2,1-3H3,(H,26,28)(H,23,24,25)/t15-,18+/m1/s1. The molecule has 152 valence electrons. The topological polar surface area (TPSA) is 70.1 Å². The fourth-order valence-corrected chi connectivity index (χ4v) is 4.82. The summed E-state index contributed by atoms with van der Waals surface area (Å²) < 4.78 is 0. The SMILES string of the molecule is Cc1sc2ncnc(N[C@H](C)C(=O)N[C@H]3CCN(Cc4ccccc4)C3)c2c1C. The van der Waals surface area contributed by atoms with E-state index in [0.717, 1.165) is 42.1 Å². The van der Waals surface area contributed by atoms with Crippen LogP contribution < -0.4 is 10.6 Å². The maximum Gasteiger partial charge on any atom is 0.242 e. The van der Waals surface area contributed by atoms with Gasteiger partial charge in [0.15, 0.2) is 0 Å². The number of aryl methyl sites for hydroxylation is 2. The average Bonchev–Trinajstić information content (AvgIpc) is 3.27. The van der Waals surface area contributed by atoms with Gasteiger partial charge < -0.3 is 10.6 Å². The maximum absolute atomic E-state index is 12.8. The average molecular weight is 410 g/mol. The van der Waals surface area contributed by atoms with E-state index in [0.29, 0.717) is 0 Å². The number of fused-ring (bicyclic) bond motifs is 1. The third-order valence-corrected chi connectivity index (χ3v) is 6.69. The largest absolute Gasteiger partial charge is 0.358 e. The van der Waals surface area contributed by atoms with E-state index in [9.17, 15) is 4.79 Å². The predicted molar refractivity (Wildman–Crippen MR) is 118 cm³/mol. The van der Waals surface area contributed by atoms with Crippen LogP contribution >= 0.6 is 11.3 Å². The number of hydrogen-bond acceptors (Lipinski definition) is 6. The molecule has 0 spiro atoms. The summed E-state index contributed by atoms with van der Waals surface area (Å²) in [4.78, 5) is 26.1. The summed E-state index contributed by atoms with van der Waals surface area (Å²) in [6.07, 6.45) is 2.54. The number of carbonyl (C=O) groups excluding carboxylic acids is 1. The van der Waals surface area contributed by atoms with Crippen molar-refractivity contribution in [1.82, 2.24) is 20.2 Å². The summed E-state index contributed by atoms with van der Waals surface area (Å²) in [7, 11) is 0. The first-order valence-electron chi connectivity index (χ1n) is 10.0. The summed E-state index contributed by atoms with van der Waals surface area (Å²) >= 11 is 1.66. The number of rotatable bonds is 6. The number of benzene rings is 1. The molecule has 0 saturated carbocycles. The van der Waals surface area contributed by atoms with Crippen LogP contribution in [0, 0.1) is 13.8 Å². The second kappa shape index (κ2) is 8.47. The van der Waals surface area contributed by atoms with Crippen LogP contribution in [0.25, 0.3) is 10.2 Å². The summed E-state index contributed by atoms with van der Waals surface area (Å²) in [6, 6.07) is 10.3. The van der Waals surface area contributed by atoms with Crippen LogP contribution in [0.3, 0.4) is 0 Å². The van der Waals surface area contributed by atoms with Gasteiger partial charge in [-0.3, -0.25) is 9.69 Å². The van der Waals surface area contributed by atoms with Crippen molar-refractivity contribution in [3.8, 4) is 0 Å². The molecule has 3 aromatic rings. The summed E-state index contributed by atoms with van der Waals surface area (Å²) in [5.74, 6) is 0.740. The van der Waals surface area contributed by atoms with Crippen LogP contribution in [0.1, 0.15) is 29.3 Å². The molecule has 1 aromatic carbocycles. The van der Waals surface area contributed by atoms with E-state index in [1.165, 1.54) is 16.0 Å². The quantitative estimate of drug-likeness (QED) is 0.652. The molecule has 1 amide bonds. The van der Waals surface area contributed by atoms with Crippen molar-refractivity contribution >= 4 is 33.3 Å². The molecule has 29 heavy (non-hydrogen) atoms. The lowest BCUT2D eigenvalue weighted by atomic mass is 10.2. The Morgan fingerprint density at radius 1 is 1.28 bits per heavy atom. The van der Waals surface area contributed by atoms with Gasteiger partial charge in [0.05, 0.1) is 5.39 Å². The molecule has 3 heterocycles. The van der Waals surface area contributed by atoms with Gasteiger partial charge in [0, 0.05) is 30.6 Å². The normalized spacial score (nSPS) is 18.1. The Kier molecular flexibility index (Phi) is 5.78. The van der Waals surface area contributed by atoms with Gasteiger partial charge >= 0.3 is 0 Å². The van der Waals surface area contributed by atoms with E-state index in [-0.39, 0.29) is 18.0 Å². The van der Waals surface area contributed by atoms with Crippen molar-refractivity contribution in [1.29, 1.82) is 0 Å². The third kappa shape index (κ3) is 4.41. The molecule has 1 saturated heterocycles. The lowest BCUT2D eigenvalue weighted by Gasteiger charge is -2.20. The Balaban J connectivity index is 1.35. The lowest BCUT2D eigenvalue weighted by molar-refractivity contribution is -0.122. The molecule has 7 heteroatoms. The monoisotopic (exact) mass is 409 g/mol. The highest BCUT2D eigenvalue weighted by atomic mass is 32.1. The third-order valence-electron chi connectivity index (χ3n) is 5.58. The minimum atomic E-state index is -0.365. The fourth-order valence-electron chi connectivity index (χ4n) is 3.82. The summed E-state index contributed by atoms with van der Waals surface area (Å²) in [5, 5.41) is 7.51. The number of likely N-dealkylation sites (tertiary alicyclic amines) is 1. The Bertz CT molecular complexity index is 1000. The Morgan fingerprint density at radius 3 is 2.86 bits per heavy atom. The number of anilines is 1. The molecule has 2 atom stereocenters. The summed E-state index contributed by atoms with van der Waals surface area (Å²) in [6.45, 7) is 8.86. The molecule has 0 radical (unpaired) electrons. The molecular weight excluding hydrogens is 382 g/mol. The molecule has 2 N–H and O–H groups in total. The molecule has 0 aliphatic carbocycles. The Morgan fingerprint density at radius 2 is 2.07 bits per heavy atom. The predicted octanol–water partition coefficient (Wildman–Crippen LogP) is 3.50. The fraction of sp³-hybridized carbons (Fsp3) is 0.409. The molecule has 1 aliphatic heterocycles. The minimum absolute atomic E-state index is 0.00734. The zero-order chi connectivity index (χ0) is 20.4. The van der Waals surface area contributed by atoms with Gasteiger partial charge in [0.25, 0.3) is 0 Å². The van der Waals surface area contributed by atoms with Crippen molar-refractivity contribution in [3.63, 3.8) is 0 Å². The van der Waals surface area contributed by atoms with Crippen LogP contribution in [0.5, 0.6) is 0 Å². The molecule has 4 rings (SSSR count). The van der Waals surface area contributed by atoms with Gasteiger partial charge in [0.1, 0.15) is 23.0 Å². The second-order valence-corrected chi connectivity index (χ2v) is 8.97. The highest BCUT2D eigenvalue weighted by Crippen LogP contribution is 2.32. The zero-order valence-corrected chi connectivity index (χ0v) is 17.9. The number of nitrogens with zero attached hydrogens (tertiary/aromatic N) is 3. The molecule has 0 unspecified atom stereocenters. The number of hydrogen-bond donors (Lipinski definition) is 2. The van der Waals surface area contributed by atoms with E-state index in [4.69, 9.17) is 0 Å². The van der Waals surface area contributed by atoms with Crippen molar-refractivity contribution in [2.45, 2.75) is 45.8 Å². The smallest absolute Gasteiger partial charge is 0.242 e. The van der Waals surface area contributed by atoms with Gasteiger partial charge in [-0.25, -0.2) is 9.97 Å². The minimum Gasteiger partial charge on any atom is -0.358 e. The number of thiophene rings is 1. The Labute approximate surface area is 175 Å². The van der Waals surface area contributed by atoms with Gasteiger partial charge in [-0.1, -0.05) is 30.3 Å². The van der Waals surface area contributed by atoms with E-state index in [1.807, 2.05) is 13.0 Å². The first kappa shape index (κ1) is 19.8. The van der Waals surface area contributed by atoms with Gasteiger partial charge in [-0.15, -0.1) is 11.3 Å². The maximum atomic E-state index is 12.8. The van der Waals surface area contributed by atoms with Crippen LogP contribution in [0.4, 0.5) is 5.82 Å². The van der Waals surface area contributed by atoms with Crippen LogP contribution in [0.15, 0.2) is 36.7 Å². The van der Waals surface area contributed by atoms with Crippen LogP contribution in [0.2, 0.25) is 0 Å². The number of aromatic nitrogens is 2. The first-order chi connectivity index (χ1) is 14.0. The van der Waals surface area contributed by atoms with Crippen molar-refractivity contribution in [2.75, 3.05) is 18.4 Å². The van der Waals surface area contributed by atoms with Crippen LogP contribution in [-0.2, 0) is 11.3 Å². The number of carbonyl (C=O) groups is 1. The molecule has 1 fully saturated rings. The van der Waals surface area contributed by atoms with E-state index in [2.05, 4.69) is 63.6 Å². The molecular formula is C22H27N5OS. The highest BCUT2D eigenvalue weighted by Gasteiger charge is 2.26. The van der Waals surface area contributed by atoms with E-state index >= 15 is 0 Å². The van der Waals surface area contributed by atoms with E-state index in [1.54, 1.807) is 17.7 Å². The van der Waals surface area contributed by atoms with Crippen LogP contribution in [-0.4, -0.2) is 45.9 Å². The number of amides is 1. The number of nitrogens with one attached hydrogen (secondary N) is 2. The van der Waals surface area contributed by atoms with E-state index < -0.39 is 0 Å².